The molecule has 1 saturated heterocycles. The van der Waals surface area contributed by atoms with Gasteiger partial charge in [-0.2, -0.15) is 0 Å². The monoisotopic (exact) mass is 359 g/mol. The maximum atomic E-state index is 12.9. The molecule has 1 amide bonds. The number of likely N-dealkylation sites (N-methyl/N-ethyl adjacent to an activating group) is 1. The zero-order valence-electron chi connectivity index (χ0n) is 16.2. The highest BCUT2D eigenvalue weighted by Gasteiger charge is 2.22. The van der Waals surface area contributed by atoms with E-state index in [-0.39, 0.29) is 18.0 Å². The van der Waals surface area contributed by atoms with Gasteiger partial charge in [0.2, 0.25) is 0 Å². The summed E-state index contributed by atoms with van der Waals surface area (Å²) >= 11 is 0. The SMILES string of the molecule is CCN1CCCCC(NC(=O)c2cc3nnn(C(C)C)c3cc2OC)C1. The maximum absolute atomic E-state index is 12.9. The van der Waals surface area contributed by atoms with Gasteiger partial charge in [0.1, 0.15) is 11.3 Å². The van der Waals surface area contributed by atoms with Crippen molar-refractivity contribution in [1.29, 1.82) is 0 Å². The van der Waals surface area contributed by atoms with E-state index in [1.165, 1.54) is 6.42 Å². The molecule has 1 aliphatic heterocycles. The molecule has 0 saturated carbocycles. The minimum atomic E-state index is -0.106. The number of nitrogens with one attached hydrogen (secondary N) is 1. The van der Waals surface area contributed by atoms with E-state index in [2.05, 4.69) is 27.5 Å². The number of aromatic nitrogens is 3. The lowest BCUT2D eigenvalue weighted by molar-refractivity contribution is 0.0924. The first-order valence-electron chi connectivity index (χ1n) is 9.49. The van der Waals surface area contributed by atoms with Crippen LogP contribution in [0.3, 0.4) is 0 Å². The first-order valence-corrected chi connectivity index (χ1v) is 9.49. The highest BCUT2D eigenvalue weighted by Crippen LogP contribution is 2.26. The summed E-state index contributed by atoms with van der Waals surface area (Å²) in [7, 11) is 1.59. The summed E-state index contributed by atoms with van der Waals surface area (Å²) in [5, 5.41) is 11.6. The lowest BCUT2D eigenvalue weighted by Crippen LogP contribution is -2.42. The molecule has 1 N–H and O–H groups in total. The van der Waals surface area contributed by atoms with E-state index >= 15 is 0 Å². The van der Waals surface area contributed by atoms with E-state index in [4.69, 9.17) is 4.74 Å². The summed E-state index contributed by atoms with van der Waals surface area (Å²) in [4.78, 5) is 15.3. The number of rotatable bonds is 5. The zero-order valence-corrected chi connectivity index (χ0v) is 16.2. The average Bonchev–Trinajstić information content (AvgIpc) is 2.92. The lowest BCUT2D eigenvalue weighted by atomic mass is 10.1. The van der Waals surface area contributed by atoms with Crippen LogP contribution >= 0.6 is 0 Å². The van der Waals surface area contributed by atoms with Crippen LogP contribution in [0.2, 0.25) is 0 Å². The number of carbonyl (C=O) groups excluding carboxylic acids is 1. The Morgan fingerprint density at radius 1 is 1.38 bits per heavy atom. The molecule has 7 heteroatoms. The van der Waals surface area contributed by atoms with Gasteiger partial charge in [0, 0.05) is 24.7 Å². The Morgan fingerprint density at radius 3 is 2.88 bits per heavy atom. The predicted octanol–water partition coefficient (Wildman–Crippen LogP) is 2.63. The van der Waals surface area contributed by atoms with Gasteiger partial charge in [-0.25, -0.2) is 4.68 Å². The largest absolute Gasteiger partial charge is 0.496 e. The van der Waals surface area contributed by atoms with Crippen LogP contribution in [-0.4, -0.2) is 58.6 Å². The number of carbonyl (C=O) groups is 1. The van der Waals surface area contributed by atoms with Crippen LogP contribution in [0.5, 0.6) is 5.75 Å². The van der Waals surface area contributed by atoms with E-state index in [9.17, 15) is 4.79 Å². The second-order valence-corrected chi connectivity index (χ2v) is 7.23. The van der Waals surface area contributed by atoms with Crippen molar-refractivity contribution in [3.05, 3.63) is 17.7 Å². The molecule has 2 heterocycles. The molecule has 142 valence electrons. The highest BCUT2D eigenvalue weighted by atomic mass is 16.5. The summed E-state index contributed by atoms with van der Waals surface area (Å²) in [5.74, 6) is 0.450. The topological polar surface area (TPSA) is 72.3 Å². The molecule has 1 aliphatic rings. The van der Waals surface area contributed by atoms with E-state index in [1.807, 2.05) is 24.6 Å². The van der Waals surface area contributed by atoms with Gasteiger partial charge in [0.15, 0.2) is 0 Å². The molecular weight excluding hydrogens is 330 g/mol. The summed E-state index contributed by atoms with van der Waals surface area (Å²) in [6.07, 6.45) is 3.34. The molecule has 0 radical (unpaired) electrons. The quantitative estimate of drug-likeness (QED) is 0.888. The van der Waals surface area contributed by atoms with Crippen LogP contribution in [0.4, 0.5) is 0 Å². The lowest BCUT2D eigenvalue weighted by Gasteiger charge is -2.23. The summed E-state index contributed by atoms with van der Waals surface area (Å²) < 4.78 is 7.33. The Balaban J connectivity index is 1.85. The minimum Gasteiger partial charge on any atom is -0.496 e. The van der Waals surface area contributed by atoms with Gasteiger partial charge in [-0.3, -0.25) is 4.79 Å². The van der Waals surface area contributed by atoms with Crippen molar-refractivity contribution in [1.82, 2.24) is 25.2 Å². The van der Waals surface area contributed by atoms with E-state index in [1.54, 1.807) is 13.2 Å². The molecule has 1 atom stereocenters. The number of fused-ring (bicyclic) bond motifs is 1. The first-order chi connectivity index (χ1) is 12.5. The molecule has 1 fully saturated rings. The number of amides is 1. The molecule has 0 bridgehead atoms. The summed E-state index contributed by atoms with van der Waals surface area (Å²) in [6.45, 7) is 9.28. The third-order valence-corrected chi connectivity index (χ3v) is 5.06. The van der Waals surface area contributed by atoms with Gasteiger partial charge >= 0.3 is 0 Å². The van der Waals surface area contributed by atoms with Gasteiger partial charge in [-0.1, -0.05) is 18.6 Å². The fraction of sp³-hybridized carbons (Fsp3) is 0.632. The minimum absolute atomic E-state index is 0.106. The molecule has 3 rings (SSSR count). The molecule has 0 spiro atoms. The Bertz CT molecular complexity index is 771. The standard InChI is InChI=1S/C19H29N5O2/c1-5-23-9-7-6-8-14(12-23)20-19(25)15-10-16-17(11-18(15)26-4)24(13(2)3)22-21-16/h10-11,13-14H,5-9,12H2,1-4H3,(H,20,25). The van der Waals surface area contributed by atoms with Gasteiger partial charge in [-0.05, 0) is 45.8 Å². The Kier molecular flexibility index (Phi) is 5.76. The van der Waals surface area contributed by atoms with Gasteiger partial charge in [0.05, 0.1) is 18.2 Å². The zero-order chi connectivity index (χ0) is 18.7. The molecule has 7 nitrogen and oxygen atoms in total. The number of likely N-dealkylation sites (tertiary alicyclic amines) is 1. The average molecular weight is 359 g/mol. The first kappa shape index (κ1) is 18.6. The molecule has 26 heavy (non-hydrogen) atoms. The Labute approximate surface area is 154 Å². The fourth-order valence-electron chi connectivity index (χ4n) is 3.58. The predicted molar refractivity (Wildman–Crippen MR) is 102 cm³/mol. The van der Waals surface area contributed by atoms with E-state index < -0.39 is 0 Å². The molecule has 1 aromatic heterocycles. The normalized spacial score (nSPS) is 18.9. The van der Waals surface area contributed by atoms with E-state index in [0.717, 1.165) is 38.0 Å². The number of nitrogens with zero attached hydrogens (tertiary/aromatic N) is 4. The van der Waals surface area contributed by atoms with Crippen molar-refractivity contribution in [3.8, 4) is 5.75 Å². The van der Waals surface area contributed by atoms with Crippen LogP contribution in [0.25, 0.3) is 11.0 Å². The maximum Gasteiger partial charge on any atom is 0.255 e. The molecule has 2 aromatic rings. The third-order valence-electron chi connectivity index (χ3n) is 5.06. The number of hydrogen-bond acceptors (Lipinski definition) is 5. The number of benzene rings is 1. The van der Waals surface area contributed by atoms with Crippen molar-refractivity contribution in [3.63, 3.8) is 0 Å². The van der Waals surface area contributed by atoms with Crippen LogP contribution in [-0.2, 0) is 0 Å². The second kappa shape index (κ2) is 8.03. The number of ether oxygens (including phenoxy) is 1. The van der Waals surface area contributed by atoms with Crippen LogP contribution in [0, 0.1) is 0 Å². The molecule has 1 unspecified atom stereocenters. The Morgan fingerprint density at radius 2 is 2.19 bits per heavy atom. The summed E-state index contributed by atoms with van der Waals surface area (Å²) in [5.41, 5.74) is 2.10. The molecular formula is C19H29N5O2. The number of hydrogen-bond donors (Lipinski definition) is 1. The molecule has 0 aliphatic carbocycles. The smallest absolute Gasteiger partial charge is 0.255 e. The van der Waals surface area contributed by atoms with Crippen molar-refractivity contribution in [2.75, 3.05) is 26.7 Å². The van der Waals surface area contributed by atoms with Crippen molar-refractivity contribution < 1.29 is 9.53 Å². The van der Waals surface area contributed by atoms with E-state index in [0.29, 0.717) is 16.8 Å². The fourth-order valence-corrected chi connectivity index (χ4v) is 3.58. The van der Waals surface area contributed by atoms with Crippen molar-refractivity contribution in [2.24, 2.45) is 0 Å². The van der Waals surface area contributed by atoms with Crippen LogP contribution < -0.4 is 10.1 Å². The highest BCUT2D eigenvalue weighted by molar-refractivity contribution is 6.00. The van der Waals surface area contributed by atoms with Gasteiger partial charge in [0.25, 0.3) is 5.91 Å². The molecule has 1 aromatic carbocycles. The summed E-state index contributed by atoms with van der Waals surface area (Å²) in [6, 6.07) is 3.99. The van der Waals surface area contributed by atoms with Crippen LogP contribution in [0.15, 0.2) is 12.1 Å². The second-order valence-electron chi connectivity index (χ2n) is 7.23. The van der Waals surface area contributed by atoms with Gasteiger partial charge < -0.3 is 15.0 Å². The van der Waals surface area contributed by atoms with Crippen LogP contribution in [0.1, 0.15) is 56.4 Å². The Hall–Kier alpha value is -2.15. The van der Waals surface area contributed by atoms with Crippen molar-refractivity contribution in [2.45, 2.75) is 52.1 Å². The number of methoxy groups -OCH3 is 1. The van der Waals surface area contributed by atoms with Crippen molar-refractivity contribution >= 4 is 16.9 Å². The van der Waals surface area contributed by atoms with Gasteiger partial charge in [-0.15, -0.1) is 5.10 Å². The third kappa shape index (κ3) is 3.82.